The lowest BCUT2D eigenvalue weighted by molar-refractivity contribution is 0.0785. The van der Waals surface area contributed by atoms with E-state index in [-0.39, 0.29) is 0 Å². The highest BCUT2D eigenvalue weighted by atomic mass is 35.5. The van der Waals surface area contributed by atoms with E-state index in [1.54, 1.807) is 25.6 Å². The van der Waals surface area contributed by atoms with E-state index in [2.05, 4.69) is 0 Å². The Balaban J connectivity index is 2.19. The third-order valence-corrected chi connectivity index (χ3v) is 4.15. The molecule has 2 rings (SSSR count). The molecule has 94 valence electrons. The van der Waals surface area contributed by atoms with Crippen LogP contribution in [0.2, 0.25) is 5.02 Å². The summed E-state index contributed by atoms with van der Waals surface area (Å²) in [6, 6.07) is 15.7. The Kier molecular flexibility index (Phi) is 4.00. The first-order valence-electron chi connectivity index (χ1n) is 5.72. The lowest BCUT2D eigenvalue weighted by Gasteiger charge is -2.17. The van der Waals surface area contributed by atoms with Gasteiger partial charge in [0.2, 0.25) is 0 Å². The second kappa shape index (κ2) is 5.35. The average molecular weight is 279 g/mol. The van der Waals surface area contributed by atoms with Gasteiger partial charge in [-0.05, 0) is 43.7 Å². The molecule has 0 aromatic heterocycles. The van der Waals surface area contributed by atoms with Gasteiger partial charge in [0, 0.05) is 9.79 Å². The summed E-state index contributed by atoms with van der Waals surface area (Å²) in [5.41, 5.74) is 0.110. The molecular weight excluding hydrogens is 264 g/mol. The van der Waals surface area contributed by atoms with Gasteiger partial charge in [0.15, 0.2) is 0 Å². The summed E-state index contributed by atoms with van der Waals surface area (Å²) < 4.78 is 0. The van der Waals surface area contributed by atoms with Gasteiger partial charge in [-0.15, -0.1) is 0 Å². The Hall–Kier alpha value is -0.960. The molecule has 0 atom stereocenters. The largest absolute Gasteiger partial charge is 0.386 e. The van der Waals surface area contributed by atoms with E-state index in [4.69, 9.17) is 11.6 Å². The molecule has 0 heterocycles. The van der Waals surface area contributed by atoms with Crippen LogP contribution in [0.3, 0.4) is 0 Å². The highest BCUT2D eigenvalue weighted by Crippen LogP contribution is 2.33. The zero-order valence-electron chi connectivity index (χ0n) is 10.4. The molecule has 0 saturated carbocycles. The maximum Gasteiger partial charge on any atom is 0.0840 e. The maximum atomic E-state index is 9.89. The smallest absolute Gasteiger partial charge is 0.0840 e. The number of hydrogen-bond acceptors (Lipinski definition) is 2. The maximum absolute atomic E-state index is 9.89. The van der Waals surface area contributed by atoms with Crippen molar-refractivity contribution >= 4 is 23.4 Å². The van der Waals surface area contributed by atoms with Crippen molar-refractivity contribution in [2.45, 2.75) is 29.2 Å². The molecule has 18 heavy (non-hydrogen) atoms. The fourth-order valence-corrected chi connectivity index (χ4v) is 2.68. The SMILES string of the molecule is CC(C)(O)c1ccc(Sc2ccccc2Cl)cc1. The van der Waals surface area contributed by atoms with Gasteiger partial charge in [0.05, 0.1) is 10.6 Å². The van der Waals surface area contributed by atoms with Crippen LogP contribution in [-0.2, 0) is 5.60 Å². The summed E-state index contributed by atoms with van der Waals surface area (Å²) in [6.45, 7) is 3.56. The minimum Gasteiger partial charge on any atom is -0.386 e. The summed E-state index contributed by atoms with van der Waals surface area (Å²) >= 11 is 7.74. The standard InChI is InChI=1S/C15H15ClOS/c1-15(2,17)11-7-9-12(10-8-11)18-14-6-4-3-5-13(14)16/h3-10,17H,1-2H3. The van der Waals surface area contributed by atoms with Crippen LogP contribution in [0.1, 0.15) is 19.4 Å². The van der Waals surface area contributed by atoms with Gasteiger partial charge in [-0.3, -0.25) is 0 Å². The van der Waals surface area contributed by atoms with Crippen molar-refractivity contribution in [3.05, 3.63) is 59.1 Å². The van der Waals surface area contributed by atoms with E-state index in [9.17, 15) is 5.11 Å². The van der Waals surface area contributed by atoms with Gasteiger partial charge < -0.3 is 5.11 Å². The Morgan fingerprint density at radius 1 is 1.00 bits per heavy atom. The van der Waals surface area contributed by atoms with Crippen molar-refractivity contribution in [1.29, 1.82) is 0 Å². The molecule has 0 radical (unpaired) electrons. The quantitative estimate of drug-likeness (QED) is 0.877. The van der Waals surface area contributed by atoms with Crippen molar-refractivity contribution in [3.8, 4) is 0 Å². The fraction of sp³-hybridized carbons (Fsp3) is 0.200. The highest BCUT2D eigenvalue weighted by Gasteiger charge is 2.15. The van der Waals surface area contributed by atoms with Gasteiger partial charge in [0.1, 0.15) is 0 Å². The van der Waals surface area contributed by atoms with Crippen molar-refractivity contribution in [2.24, 2.45) is 0 Å². The number of aliphatic hydroxyl groups is 1. The van der Waals surface area contributed by atoms with E-state index in [0.29, 0.717) is 0 Å². The molecule has 0 bridgehead atoms. The molecule has 0 fully saturated rings. The van der Waals surface area contributed by atoms with E-state index < -0.39 is 5.60 Å². The predicted molar refractivity (Wildman–Crippen MR) is 77.3 cm³/mol. The van der Waals surface area contributed by atoms with Crippen LogP contribution >= 0.6 is 23.4 Å². The van der Waals surface area contributed by atoms with Crippen LogP contribution < -0.4 is 0 Å². The number of hydrogen-bond donors (Lipinski definition) is 1. The molecular formula is C15H15ClOS. The minimum atomic E-state index is -0.798. The summed E-state index contributed by atoms with van der Waals surface area (Å²) in [7, 11) is 0. The number of rotatable bonds is 3. The third kappa shape index (κ3) is 3.29. The van der Waals surface area contributed by atoms with Crippen LogP contribution in [0.5, 0.6) is 0 Å². The molecule has 0 aliphatic carbocycles. The first-order chi connectivity index (χ1) is 8.47. The van der Waals surface area contributed by atoms with E-state index in [1.807, 2.05) is 48.5 Å². The molecule has 0 saturated heterocycles. The average Bonchev–Trinajstić information content (AvgIpc) is 2.32. The van der Waals surface area contributed by atoms with Gasteiger partial charge in [0.25, 0.3) is 0 Å². The minimum absolute atomic E-state index is 0.758. The van der Waals surface area contributed by atoms with E-state index in [0.717, 1.165) is 20.4 Å². The second-order valence-electron chi connectivity index (χ2n) is 4.62. The predicted octanol–water partition coefficient (Wildman–Crippen LogP) is 4.72. The summed E-state index contributed by atoms with van der Waals surface area (Å²) in [5.74, 6) is 0. The van der Waals surface area contributed by atoms with E-state index >= 15 is 0 Å². The second-order valence-corrected chi connectivity index (χ2v) is 6.14. The van der Waals surface area contributed by atoms with Crippen molar-refractivity contribution in [2.75, 3.05) is 0 Å². The monoisotopic (exact) mass is 278 g/mol. The lowest BCUT2D eigenvalue weighted by Crippen LogP contribution is -2.14. The Bertz CT molecular complexity index is 529. The van der Waals surface area contributed by atoms with Crippen LogP contribution in [0.25, 0.3) is 0 Å². The van der Waals surface area contributed by atoms with Gasteiger partial charge in [-0.1, -0.05) is 47.6 Å². The molecule has 1 N–H and O–H groups in total. The molecule has 0 aliphatic rings. The Labute approximate surface area is 117 Å². The van der Waals surface area contributed by atoms with Crippen molar-refractivity contribution in [3.63, 3.8) is 0 Å². The molecule has 0 unspecified atom stereocenters. The lowest BCUT2D eigenvalue weighted by atomic mass is 9.99. The van der Waals surface area contributed by atoms with Gasteiger partial charge in [-0.2, -0.15) is 0 Å². The summed E-state index contributed by atoms with van der Waals surface area (Å²) in [5, 5.41) is 10.6. The highest BCUT2D eigenvalue weighted by molar-refractivity contribution is 7.99. The van der Waals surface area contributed by atoms with Crippen LogP contribution in [-0.4, -0.2) is 5.11 Å². The summed E-state index contributed by atoms with van der Waals surface area (Å²) in [4.78, 5) is 2.14. The molecule has 2 aromatic rings. The first-order valence-corrected chi connectivity index (χ1v) is 6.91. The normalized spacial score (nSPS) is 11.6. The summed E-state index contributed by atoms with van der Waals surface area (Å²) in [6.07, 6.45) is 0. The first kappa shape index (κ1) is 13.5. The van der Waals surface area contributed by atoms with Crippen molar-refractivity contribution < 1.29 is 5.11 Å². The van der Waals surface area contributed by atoms with Crippen LogP contribution in [0.4, 0.5) is 0 Å². The fourth-order valence-electron chi connectivity index (χ4n) is 1.59. The molecule has 0 aliphatic heterocycles. The van der Waals surface area contributed by atoms with Gasteiger partial charge >= 0.3 is 0 Å². The van der Waals surface area contributed by atoms with E-state index in [1.165, 1.54) is 0 Å². The molecule has 2 aromatic carbocycles. The Morgan fingerprint density at radius 3 is 2.17 bits per heavy atom. The molecule has 3 heteroatoms. The zero-order chi connectivity index (χ0) is 13.2. The molecule has 0 amide bonds. The van der Waals surface area contributed by atoms with Crippen LogP contribution in [0, 0.1) is 0 Å². The third-order valence-electron chi connectivity index (χ3n) is 2.63. The Morgan fingerprint density at radius 2 is 1.61 bits per heavy atom. The molecule has 0 spiro atoms. The van der Waals surface area contributed by atoms with Crippen molar-refractivity contribution in [1.82, 2.24) is 0 Å². The number of halogens is 1. The van der Waals surface area contributed by atoms with Crippen LogP contribution in [0.15, 0.2) is 58.3 Å². The number of benzene rings is 2. The van der Waals surface area contributed by atoms with Gasteiger partial charge in [-0.25, -0.2) is 0 Å². The zero-order valence-corrected chi connectivity index (χ0v) is 11.9. The molecule has 1 nitrogen and oxygen atoms in total. The topological polar surface area (TPSA) is 20.2 Å².